The number of carbonyl (C=O) groups excluding carboxylic acids is 9. The van der Waals surface area contributed by atoms with Gasteiger partial charge in [-0.15, -0.1) is 0 Å². The molecule has 0 aromatic rings. The van der Waals surface area contributed by atoms with E-state index in [4.69, 9.17) is 16.2 Å². The van der Waals surface area contributed by atoms with Crippen LogP contribution in [0.2, 0.25) is 0 Å². The first kappa shape index (κ1) is 40.2. The highest BCUT2D eigenvalue weighted by Gasteiger charge is 2.38. The molecule has 0 aromatic heterocycles. The first-order valence-electron chi connectivity index (χ1n) is 16.0. The number of ether oxygens (including phenoxy) is 2. The molecular formula is C30H48N8O11. The van der Waals surface area contributed by atoms with Crippen molar-refractivity contribution < 1.29 is 52.6 Å². The Labute approximate surface area is 283 Å². The Morgan fingerprint density at radius 2 is 1.18 bits per heavy atom. The summed E-state index contributed by atoms with van der Waals surface area (Å²) in [6.45, 7) is 4.44. The Bertz CT molecular complexity index is 1280. The minimum absolute atomic E-state index is 0.0986. The van der Waals surface area contributed by atoms with E-state index in [-0.39, 0.29) is 51.6 Å². The molecule has 0 aromatic carbocycles. The van der Waals surface area contributed by atoms with Crippen LogP contribution in [0.25, 0.3) is 0 Å². The Kier molecular flexibility index (Phi) is 15.2. The van der Waals surface area contributed by atoms with E-state index in [1.807, 2.05) is 0 Å². The maximum atomic E-state index is 13.3. The van der Waals surface area contributed by atoms with Gasteiger partial charge in [-0.05, 0) is 59.3 Å². The quantitative estimate of drug-likeness (QED) is 0.0902. The van der Waals surface area contributed by atoms with Gasteiger partial charge in [0.1, 0.15) is 36.3 Å². The van der Waals surface area contributed by atoms with Crippen molar-refractivity contribution in [1.29, 1.82) is 0 Å². The number of amides is 8. The highest BCUT2D eigenvalue weighted by molar-refractivity contribution is 5.96. The molecule has 8 amide bonds. The van der Waals surface area contributed by atoms with E-state index in [1.54, 1.807) is 20.8 Å². The molecule has 0 bridgehead atoms. The van der Waals surface area contributed by atoms with Gasteiger partial charge in [-0.1, -0.05) is 0 Å². The predicted molar refractivity (Wildman–Crippen MR) is 169 cm³/mol. The summed E-state index contributed by atoms with van der Waals surface area (Å²) in [4.78, 5) is 115. The van der Waals surface area contributed by atoms with E-state index >= 15 is 0 Å². The van der Waals surface area contributed by atoms with Crippen molar-refractivity contribution in [2.75, 3.05) is 33.3 Å². The van der Waals surface area contributed by atoms with Crippen molar-refractivity contribution in [3.63, 3.8) is 0 Å². The van der Waals surface area contributed by atoms with Crippen molar-refractivity contribution in [3.05, 3.63) is 0 Å². The molecule has 0 spiro atoms. The Morgan fingerprint density at radius 1 is 0.735 bits per heavy atom. The van der Waals surface area contributed by atoms with E-state index < -0.39 is 96.3 Å². The number of carbonyl (C=O) groups is 9. The summed E-state index contributed by atoms with van der Waals surface area (Å²) in [7, 11) is 1.12. The van der Waals surface area contributed by atoms with Crippen LogP contribution in [0.1, 0.15) is 72.1 Å². The van der Waals surface area contributed by atoms with Crippen molar-refractivity contribution in [2.24, 2.45) is 11.5 Å². The molecule has 0 radical (unpaired) electrons. The van der Waals surface area contributed by atoms with E-state index in [0.717, 1.165) is 7.11 Å². The first-order chi connectivity index (χ1) is 22.9. The molecular weight excluding hydrogens is 648 g/mol. The van der Waals surface area contributed by atoms with E-state index in [1.165, 1.54) is 9.80 Å². The van der Waals surface area contributed by atoms with Crippen LogP contribution in [0.3, 0.4) is 0 Å². The lowest BCUT2D eigenvalue weighted by Gasteiger charge is -2.27. The maximum absolute atomic E-state index is 13.3. The highest BCUT2D eigenvalue weighted by atomic mass is 16.6. The number of esters is 1. The van der Waals surface area contributed by atoms with E-state index in [0.29, 0.717) is 12.8 Å². The summed E-state index contributed by atoms with van der Waals surface area (Å²) in [5.41, 5.74) is 9.64. The third-order valence-electron chi connectivity index (χ3n) is 7.74. The predicted octanol–water partition coefficient (Wildman–Crippen LogP) is -2.72. The lowest BCUT2D eigenvalue weighted by molar-refractivity contribution is -0.146. The summed E-state index contributed by atoms with van der Waals surface area (Å²) in [5.74, 6) is -5.49. The van der Waals surface area contributed by atoms with Crippen LogP contribution in [0, 0.1) is 0 Å². The second kappa shape index (κ2) is 18.5. The molecule has 2 heterocycles. The second-order valence-electron chi connectivity index (χ2n) is 12.7. The number of nitrogens with one attached hydrogen (secondary N) is 4. The van der Waals surface area contributed by atoms with Gasteiger partial charge in [-0.25, -0.2) is 9.59 Å². The summed E-state index contributed by atoms with van der Waals surface area (Å²) >= 11 is 0. The van der Waals surface area contributed by atoms with Gasteiger partial charge in [0.15, 0.2) is 0 Å². The molecule has 19 nitrogen and oxygen atoms in total. The van der Waals surface area contributed by atoms with E-state index in [9.17, 15) is 43.2 Å². The summed E-state index contributed by atoms with van der Waals surface area (Å²) in [6, 6.07) is -4.39. The van der Waals surface area contributed by atoms with Crippen LogP contribution in [0.15, 0.2) is 0 Å². The number of hydrogen-bond donors (Lipinski definition) is 6. The van der Waals surface area contributed by atoms with Gasteiger partial charge in [0, 0.05) is 25.9 Å². The normalized spacial score (nSPS) is 18.4. The SMILES string of the molecule is COC(=O)[C@H](CCC(N)=O)NC(=O)[C@@H]1CCCN1C(=O)CNC(=O)[C@H](CCC(N)=O)NC(=O)[C@@H]1CCCN1C(=O)CNC(=O)OC(C)(C)C. The fourth-order valence-corrected chi connectivity index (χ4v) is 5.40. The smallest absolute Gasteiger partial charge is 0.408 e. The minimum atomic E-state index is -1.30. The van der Waals surface area contributed by atoms with Gasteiger partial charge in [-0.2, -0.15) is 0 Å². The second-order valence-corrected chi connectivity index (χ2v) is 12.7. The van der Waals surface area contributed by atoms with Crippen LogP contribution < -0.4 is 32.7 Å². The van der Waals surface area contributed by atoms with Crippen molar-refractivity contribution in [2.45, 2.75) is 102 Å². The zero-order valence-electron chi connectivity index (χ0n) is 28.3. The molecule has 2 saturated heterocycles. The molecule has 49 heavy (non-hydrogen) atoms. The first-order valence-corrected chi connectivity index (χ1v) is 16.0. The molecule has 2 aliphatic rings. The van der Waals surface area contributed by atoms with Crippen LogP contribution in [0.4, 0.5) is 4.79 Å². The Balaban J connectivity index is 2.02. The molecule has 274 valence electrons. The summed E-state index contributed by atoms with van der Waals surface area (Å²) in [6.07, 6.45) is -0.0539. The van der Waals surface area contributed by atoms with Gasteiger partial charge in [0.05, 0.1) is 13.7 Å². The molecule has 8 N–H and O–H groups in total. The summed E-state index contributed by atoms with van der Waals surface area (Å²) < 4.78 is 9.81. The molecule has 0 saturated carbocycles. The topological polar surface area (TPSA) is 279 Å². The van der Waals surface area contributed by atoms with Crippen LogP contribution in [0.5, 0.6) is 0 Å². The Morgan fingerprint density at radius 3 is 1.63 bits per heavy atom. The molecule has 2 aliphatic heterocycles. The third-order valence-corrected chi connectivity index (χ3v) is 7.74. The highest BCUT2D eigenvalue weighted by Crippen LogP contribution is 2.19. The molecule has 2 rings (SSSR count). The minimum Gasteiger partial charge on any atom is -0.467 e. The van der Waals surface area contributed by atoms with E-state index in [2.05, 4.69) is 26.0 Å². The standard InChI is InChI=1S/C30H48N8O11/c1-30(2,3)49-29(47)34-16-24(42)38-14-5-7-19(38)26(44)35-17(9-11-21(31)39)25(43)33-15-23(41)37-13-6-8-20(37)27(45)36-18(28(46)48-4)10-12-22(32)40/h17-20H,5-16H2,1-4H3,(H2,31,39)(H2,32,40)(H,33,43)(H,34,47)(H,35,44)(H,36,45)/t17-,18-,19-,20-/m0/s1. The van der Waals surface area contributed by atoms with Crippen LogP contribution >= 0.6 is 0 Å². The number of nitrogens with two attached hydrogens (primary N) is 2. The fraction of sp³-hybridized carbons (Fsp3) is 0.700. The molecule has 0 aliphatic carbocycles. The molecule has 2 fully saturated rings. The third kappa shape index (κ3) is 13.2. The Hall–Kier alpha value is -4.97. The molecule has 4 atom stereocenters. The monoisotopic (exact) mass is 696 g/mol. The lowest BCUT2D eigenvalue weighted by Crippen LogP contribution is -2.56. The van der Waals surface area contributed by atoms with Gasteiger partial charge in [-0.3, -0.25) is 33.6 Å². The summed E-state index contributed by atoms with van der Waals surface area (Å²) in [5, 5.41) is 9.82. The number of methoxy groups -OCH3 is 1. The number of alkyl carbamates (subject to hydrolysis) is 1. The zero-order valence-corrected chi connectivity index (χ0v) is 28.3. The van der Waals surface area contributed by atoms with Gasteiger partial charge >= 0.3 is 12.1 Å². The number of rotatable bonds is 16. The van der Waals surface area contributed by atoms with Gasteiger partial charge in [0.2, 0.25) is 41.4 Å². The van der Waals surface area contributed by atoms with Gasteiger partial charge in [0.25, 0.3) is 0 Å². The maximum Gasteiger partial charge on any atom is 0.408 e. The van der Waals surface area contributed by atoms with Crippen molar-refractivity contribution >= 4 is 53.4 Å². The van der Waals surface area contributed by atoms with Crippen LogP contribution in [-0.2, 0) is 47.8 Å². The number of likely N-dealkylation sites (tertiary alicyclic amines) is 2. The fourth-order valence-electron chi connectivity index (χ4n) is 5.40. The molecule has 0 unspecified atom stereocenters. The number of nitrogens with zero attached hydrogens (tertiary/aromatic N) is 2. The lowest BCUT2D eigenvalue weighted by atomic mass is 10.1. The van der Waals surface area contributed by atoms with Crippen molar-refractivity contribution in [1.82, 2.24) is 31.1 Å². The number of primary amides is 2. The molecule has 19 heteroatoms. The van der Waals surface area contributed by atoms with Crippen molar-refractivity contribution in [3.8, 4) is 0 Å². The average molecular weight is 697 g/mol. The zero-order chi connectivity index (χ0) is 36.9. The average Bonchev–Trinajstić information content (AvgIpc) is 3.72. The van der Waals surface area contributed by atoms with Crippen LogP contribution in [-0.4, -0.2) is 126 Å². The number of hydrogen-bond acceptors (Lipinski definition) is 11. The largest absolute Gasteiger partial charge is 0.467 e. The van der Waals surface area contributed by atoms with Gasteiger partial charge < -0.3 is 52.0 Å².